The molecule has 0 saturated carbocycles. The zero-order valence-electron chi connectivity index (χ0n) is 15.9. The Hall–Kier alpha value is -2.35. The van der Waals surface area contributed by atoms with Crippen LogP contribution >= 0.6 is 23.4 Å². The molecule has 1 aromatic heterocycles. The quantitative estimate of drug-likeness (QED) is 0.564. The molecule has 1 aliphatic rings. The van der Waals surface area contributed by atoms with Gasteiger partial charge in [0.1, 0.15) is 6.33 Å². The summed E-state index contributed by atoms with van der Waals surface area (Å²) in [6.07, 6.45) is 1.64. The molecule has 0 aliphatic carbocycles. The van der Waals surface area contributed by atoms with Crippen LogP contribution in [0.25, 0.3) is 5.69 Å². The number of benzene rings is 2. The molecule has 2 heterocycles. The monoisotopic (exact) mass is 427 g/mol. The average molecular weight is 428 g/mol. The Morgan fingerprint density at radius 3 is 2.59 bits per heavy atom. The molecule has 29 heavy (non-hydrogen) atoms. The topological polar surface area (TPSA) is 54.3 Å². The van der Waals surface area contributed by atoms with Gasteiger partial charge >= 0.3 is 0 Å². The summed E-state index contributed by atoms with van der Waals surface area (Å²) in [6.45, 7) is 4.23. The summed E-state index contributed by atoms with van der Waals surface area (Å²) >= 11 is 7.48. The predicted molar refractivity (Wildman–Crippen MR) is 115 cm³/mol. The van der Waals surface area contributed by atoms with Crippen molar-refractivity contribution in [1.82, 2.24) is 24.6 Å². The molecule has 1 amide bonds. The number of halogens is 1. The number of aromatic nitrogens is 3. The van der Waals surface area contributed by atoms with Crippen molar-refractivity contribution in [2.45, 2.75) is 11.7 Å². The fourth-order valence-electron chi connectivity index (χ4n) is 3.34. The third-order valence-electron chi connectivity index (χ3n) is 4.90. The maximum Gasteiger partial charge on any atom is 0.233 e. The summed E-state index contributed by atoms with van der Waals surface area (Å²) in [5, 5.41) is 9.47. The lowest BCUT2D eigenvalue weighted by molar-refractivity contribution is -0.130. The van der Waals surface area contributed by atoms with Gasteiger partial charge in [0.15, 0.2) is 5.16 Å². The minimum atomic E-state index is 0.134. The fourth-order valence-corrected chi connectivity index (χ4v) is 4.36. The second-order valence-corrected chi connectivity index (χ2v) is 8.27. The van der Waals surface area contributed by atoms with Gasteiger partial charge in [0.25, 0.3) is 0 Å². The Labute approximate surface area is 179 Å². The van der Waals surface area contributed by atoms with E-state index in [1.165, 1.54) is 17.3 Å². The van der Waals surface area contributed by atoms with Gasteiger partial charge in [-0.1, -0.05) is 59.8 Å². The molecule has 8 heteroatoms. The Kier molecular flexibility index (Phi) is 6.49. The number of hydrogen-bond donors (Lipinski definition) is 0. The number of hydrogen-bond acceptors (Lipinski definition) is 5. The van der Waals surface area contributed by atoms with Crippen molar-refractivity contribution in [2.75, 3.05) is 31.9 Å². The first kappa shape index (κ1) is 19.9. The Bertz CT molecular complexity index is 956. The molecule has 1 aliphatic heterocycles. The molecular weight excluding hydrogens is 406 g/mol. The van der Waals surface area contributed by atoms with Gasteiger partial charge in [-0.25, -0.2) is 0 Å². The molecule has 0 spiro atoms. The van der Waals surface area contributed by atoms with E-state index in [0.717, 1.165) is 38.4 Å². The number of rotatable bonds is 6. The second kappa shape index (κ2) is 9.43. The molecule has 3 aromatic rings. The molecule has 0 atom stereocenters. The lowest BCUT2D eigenvalue weighted by Gasteiger charge is -2.34. The van der Waals surface area contributed by atoms with Crippen molar-refractivity contribution in [1.29, 1.82) is 0 Å². The SMILES string of the molecule is O=C(CSc1nncn1-c1cccc(Cl)c1)N1CCN(Cc2ccccc2)CC1. The molecule has 6 nitrogen and oxygen atoms in total. The van der Waals surface area contributed by atoms with E-state index in [-0.39, 0.29) is 5.91 Å². The Morgan fingerprint density at radius 1 is 1.03 bits per heavy atom. The fraction of sp³-hybridized carbons (Fsp3) is 0.286. The van der Waals surface area contributed by atoms with Gasteiger partial charge in [-0.05, 0) is 23.8 Å². The van der Waals surface area contributed by atoms with Crippen LogP contribution in [0.15, 0.2) is 66.1 Å². The molecule has 0 radical (unpaired) electrons. The maximum absolute atomic E-state index is 12.7. The van der Waals surface area contributed by atoms with Crippen LogP contribution in [0.2, 0.25) is 5.02 Å². The first-order valence-corrected chi connectivity index (χ1v) is 10.9. The van der Waals surface area contributed by atoms with E-state index in [2.05, 4.69) is 39.4 Å². The standard InChI is InChI=1S/C21H22ClN5OS/c22-18-7-4-8-19(13-18)27-16-23-24-21(27)29-15-20(28)26-11-9-25(10-12-26)14-17-5-2-1-3-6-17/h1-8,13,16H,9-12,14-15H2. The summed E-state index contributed by atoms with van der Waals surface area (Å²) in [5.74, 6) is 0.479. The van der Waals surface area contributed by atoms with Crippen molar-refractivity contribution in [3.63, 3.8) is 0 Å². The van der Waals surface area contributed by atoms with E-state index in [9.17, 15) is 4.79 Å². The average Bonchev–Trinajstić information content (AvgIpc) is 3.22. The van der Waals surface area contributed by atoms with Crippen LogP contribution in [0, 0.1) is 0 Å². The van der Waals surface area contributed by atoms with Gasteiger partial charge in [0, 0.05) is 37.7 Å². The number of amides is 1. The van der Waals surface area contributed by atoms with Crippen LogP contribution in [0.4, 0.5) is 0 Å². The third kappa shape index (κ3) is 5.18. The highest BCUT2D eigenvalue weighted by molar-refractivity contribution is 7.99. The third-order valence-corrected chi connectivity index (χ3v) is 6.06. The Balaban J connectivity index is 1.29. The van der Waals surface area contributed by atoms with E-state index < -0.39 is 0 Å². The van der Waals surface area contributed by atoms with Crippen LogP contribution in [0.1, 0.15) is 5.56 Å². The van der Waals surface area contributed by atoms with Crippen LogP contribution in [0.5, 0.6) is 0 Å². The van der Waals surface area contributed by atoms with Gasteiger partial charge < -0.3 is 4.90 Å². The molecule has 1 fully saturated rings. The van der Waals surface area contributed by atoms with Gasteiger partial charge in [-0.15, -0.1) is 10.2 Å². The van der Waals surface area contributed by atoms with Crippen LogP contribution < -0.4 is 0 Å². The summed E-state index contributed by atoms with van der Waals surface area (Å²) in [7, 11) is 0. The number of thioether (sulfide) groups is 1. The van der Waals surface area contributed by atoms with Crippen LogP contribution in [-0.2, 0) is 11.3 Å². The molecular formula is C21H22ClN5OS. The van der Waals surface area contributed by atoms with Crippen molar-refractivity contribution in [2.24, 2.45) is 0 Å². The summed E-state index contributed by atoms with van der Waals surface area (Å²) in [5.41, 5.74) is 2.19. The molecule has 0 unspecified atom stereocenters. The summed E-state index contributed by atoms with van der Waals surface area (Å²) in [4.78, 5) is 17.0. The van der Waals surface area contributed by atoms with E-state index >= 15 is 0 Å². The van der Waals surface area contributed by atoms with Gasteiger partial charge in [-0.2, -0.15) is 0 Å². The highest BCUT2D eigenvalue weighted by Crippen LogP contribution is 2.22. The van der Waals surface area contributed by atoms with E-state index in [1.807, 2.05) is 39.8 Å². The van der Waals surface area contributed by atoms with Crippen molar-refractivity contribution in [3.05, 3.63) is 71.5 Å². The van der Waals surface area contributed by atoms with Gasteiger partial charge in [0.05, 0.1) is 11.4 Å². The maximum atomic E-state index is 12.7. The lowest BCUT2D eigenvalue weighted by Crippen LogP contribution is -2.48. The van der Waals surface area contributed by atoms with E-state index in [1.54, 1.807) is 6.33 Å². The predicted octanol–water partition coefficient (Wildman–Crippen LogP) is 3.36. The van der Waals surface area contributed by atoms with Crippen molar-refractivity contribution >= 4 is 29.3 Å². The van der Waals surface area contributed by atoms with Gasteiger partial charge in [-0.3, -0.25) is 14.3 Å². The lowest BCUT2D eigenvalue weighted by atomic mass is 10.2. The summed E-state index contributed by atoms with van der Waals surface area (Å²) in [6, 6.07) is 17.9. The number of carbonyl (C=O) groups is 1. The van der Waals surface area contributed by atoms with Crippen LogP contribution in [-0.4, -0.2) is 62.4 Å². The number of carbonyl (C=O) groups excluding carboxylic acids is 1. The first-order valence-electron chi connectivity index (χ1n) is 9.52. The molecule has 0 N–H and O–H groups in total. The van der Waals surface area contributed by atoms with Crippen molar-refractivity contribution in [3.8, 4) is 5.69 Å². The normalized spacial score (nSPS) is 14.9. The minimum Gasteiger partial charge on any atom is -0.339 e. The van der Waals surface area contributed by atoms with E-state index in [0.29, 0.717) is 15.9 Å². The zero-order chi connectivity index (χ0) is 20.1. The Morgan fingerprint density at radius 2 is 1.83 bits per heavy atom. The van der Waals surface area contributed by atoms with Gasteiger partial charge in [0.2, 0.25) is 5.91 Å². The zero-order valence-corrected chi connectivity index (χ0v) is 17.5. The highest BCUT2D eigenvalue weighted by Gasteiger charge is 2.22. The first-order chi connectivity index (χ1) is 14.2. The number of nitrogens with zero attached hydrogens (tertiary/aromatic N) is 5. The largest absolute Gasteiger partial charge is 0.339 e. The van der Waals surface area contributed by atoms with Crippen molar-refractivity contribution < 1.29 is 4.79 Å². The molecule has 0 bridgehead atoms. The smallest absolute Gasteiger partial charge is 0.233 e. The minimum absolute atomic E-state index is 0.134. The van der Waals surface area contributed by atoms with E-state index in [4.69, 9.17) is 11.6 Å². The molecule has 4 rings (SSSR count). The van der Waals surface area contributed by atoms with Crippen LogP contribution in [0.3, 0.4) is 0 Å². The molecule has 1 saturated heterocycles. The molecule has 150 valence electrons. The number of piperazine rings is 1. The summed E-state index contributed by atoms with van der Waals surface area (Å²) < 4.78 is 1.85. The second-order valence-electron chi connectivity index (χ2n) is 6.89. The highest BCUT2D eigenvalue weighted by atomic mass is 35.5. The molecule has 2 aromatic carbocycles.